The van der Waals surface area contributed by atoms with Crippen molar-refractivity contribution in [3.63, 3.8) is 0 Å². The second kappa shape index (κ2) is 13.5. The van der Waals surface area contributed by atoms with Gasteiger partial charge in [0.2, 0.25) is 0 Å². The molecule has 170 valence electrons. The number of nitrogens with zero attached hydrogens (tertiary/aromatic N) is 1. The lowest BCUT2D eigenvalue weighted by molar-refractivity contribution is 0.0168. The second-order valence-corrected chi connectivity index (χ2v) is 8.12. The summed E-state index contributed by atoms with van der Waals surface area (Å²) in [6, 6.07) is 8.73. The number of hydrogen-bond acceptors (Lipinski definition) is 4. The number of aliphatic imine (C=N–C) groups is 1. The van der Waals surface area contributed by atoms with Crippen molar-refractivity contribution in [1.29, 1.82) is 0 Å². The van der Waals surface area contributed by atoms with Crippen LogP contribution in [-0.4, -0.2) is 65.2 Å². The standard InChI is InChI=1S/C23H37N3O3.HI/c1-19-7-3-4-9-21(19)23(10-15-27-16-11-23)18-26-22(24-2)25-12-6-13-28-17-20-8-5-14-29-20;/h3-4,7,9,20H,5-6,8,10-18H2,1-2H3,(H2,24,25,26);1H. The first kappa shape index (κ1) is 25.4. The maximum atomic E-state index is 5.74. The van der Waals surface area contributed by atoms with Crippen molar-refractivity contribution in [3.8, 4) is 0 Å². The van der Waals surface area contributed by atoms with E-state index in [1.165, 1.54) is 11.1 Å². The molecule has 7 heteroatoms. The van der Waals surface area contributed by atoms with E-state index in [0.717, 1.165) is 77.6 Å². The zero-order valence-corrected chi connectivity index (χ0v) is 20.8. The van der Waals surface area contributed by atoms with Gasteiger partial charge in [0.05, 0.1) is 12.7 Å². The molecule has 2 heterocycles. The Bertz CT molecular complexity index is 644. The Hall–Kier alpha value is -0.900. The summed E-state index contributed by atoms with van der Waals surface area (Å²) in [4.78, 5) is 4.40. The average molecular weight is 531 g/mol. The van der Waals surface area contributed by atoms with Crippen LogP contribution in [0.5, 0.6) is 0 Å². The van der Waals surface area contributed by atoms with Crippen molar-refractivity contribution in [2.75, 3.05) is 53.2 Å². The number of ether oxygens (including phenoxy) is 3. The number of guanidine groups is 1. The van der Waals surface area contributed by atoms with Crippen LogP contribution in [0.15, 0.2) is 29.3 Å². The van der Waals surface area contributed by atoms with E-state index in [2.05, 4.69) is 46.8 Å². The van der Waals surface area contributed by atoms with Crippen LogP contribution in [-0.2, 0) is 19.6 Å². The van der Waals surface area contributed by atoms with Gasteiger partial charge in [-0.05, 0) is 50.2 Å². The Kier molecular flexibility index (Phi) is 11.4. The monoisotopic (exact) mass is 531 g/mol. The first-order valence-electron chi connectivity index (χ1n) is 11.0. The van der Waals surface area contributed by atoms with Crippen LogP contribution in [0.2, 0.25) is 0 Å². The maximum Gasteiger partial charge on any atom is 0.191 e. The number of halogens is 1. The number of benzene rings is 1. The quantitative estimate of drug-likeness (QED) is 0.221. The average Bonchev–Trinajstić information content (AvgIpc) is 3.27. The van der Waals surface area contributed by atoms with Crippen molar-refractivity contribution in [3.05, 3.63) is 35.4 Å². The molecule has 2 N–H and O–H groups in total. The molecule has 1 atom stereocenters. The Morgan fingerprint density at radius 1 is 1.20 bits per heavy atom. The molecule has 2 aliphatic heterocycles. The van der Waals surface area contributed by atoms with Crippen molar-refractivity contribution < 1.29 is 14.2 Å². The Morgan fingerprint density at radius 3 is 2.70 bits per heavy atom. The minimum absolute atomic E-state index is 0. The number of aryl methyl sites for hydroxylation is 1. The Labute approximate surface area is 198 Å². The van der Waals surface area contributed by atoms with E-state index in [1.807, 2.05) is 7.05 Å². The summed E-state index contributed by atoms with van der Waals surface area (Å²) in [5.74, 6) is 0.851. The molecule has 30 heavy (non-hydrogen) atoms. The van der Waals surface area contributed by atoms with Crippen LogP contribution in [0.1, 0.15) is 43.2 Å². The highest BCUT2D eigenvalue weighted by Crippen LogP contribution is 2.36. The topological polar surface area (TPSA) is 64.1 Å². The van der Waals surface area contributed by atoms with Gasteiger partial charge in [-0.2, -0.15) is 0 Å². The van der Waals surface area contributed by atoms with Crippen LogP contribution in [0.25, 0.3) is 0 Å². The first-order chi connectivity index (χ1) is 14.2. The highest BCUT2D eigenvalue weighted by atomic mass is 127. The smallest absolute Gasteiger partial charge is 0.191 e. The highest BCUT2D eigenvalue weighted by Gasteiger charge is 2.35. The lowest BCUT2D eigenvalue weighted by Gasteiger charge is -2.39. The molecule has 2 aliphatic rings. The van der Waals surface area contributed by atoms with Gasteiger partial charge in [-0.25, -0.2) is 0 Å². The molecule has 0 amide bonds. The minimum Gasteiger partial charge on any atom is -0.381 e. The zero-order chi connectivity index (χ0) is 20.4. The molecule has 0 aromatic heterocycles. The molecule has 2 fully saturated rings. The number of rotatable bonds is 9. The summed E-state index contributed by atoms with van der Waals surface area (Å²) in [5.41, 5.74) is 2.86. The summed E-state index contributed by atoms with van der Waals surface area (Å²) in [7, 11) is 1.83. The molecule has 1 aromatic rings. The summed E-state index contributed by atoms with van der Waals surface area (Å²) < 4.78 is 17.0. The van der Waals surface area contributed by atoms with Gasteiger partial charge in [0.15, 0.2) is 5.96 Å². The van der Waals surface area contributed by atoms with Crippen molar-refractivity contribution in [1.82, 2.24) is 10.6 Å². The Morgan fingerprint density at radius 2 is 2.00 bits per heavy atom. The fourth-order valence-electron chi connectivity index (χ4n) is 4.32. The number of nitrogens with one attached hydrogen (secondary N) is 2. The fourth-order valence-corrected chi connectivity index (χ4v) is 4.32. The molecule has 0 radical (unpaired) electrons. The molecule has 3 rings (SSSR count). The largest absolute Gasteiger partial charge is 0.381 e. The molecule has 2 saturated heterocycles. The summed E-state index contributed by atoms with van der Waals surface area (Å²) in [6.45, 7) is 7.86. The molecular weight excluding hydrogens is 493 g/mol. The highest BCUT2D eigenvalue weighted by molar-refractivity contribution is 14.0. The molecule has 0 spiro atoms. The van der Waals surface area contributed by atoms with E-state index in [4.69, 9.17) is 14.2 Å². The third-order valence-corrected chi connectivity index (χ3v) is 6.07. The second-order valence-electron chi connectivity index (χ2n) is 8.12. The normalized spacial score (nSPS) is 21.1. The maximum absolute atomic E-state index is 5.74. The van der Waals surface area contributed by atoms with Crippen molar-refractivity contribution in [2.45, 2.75) is 50.5 Å². The van der Waals surface area contributed by atoms with E-state index in [0.29, 0.717) is 12.7 Å². The Balaban J connectivity index is 0.00000320. The molecule has 0 aliphatic carbocycles. The van der Waals surface area contributed by atoms with Gasteiger partial charge in [-0.3, -0.25) is 4.99 Å². The molecular formula is C23H38IN3O3. The van der Waals surface area contributed by atoms with Crippen LogP contribution >= 0.6 is 24.0 Å². The van der Waals surface area contributed by atoms with Crippen LogP contribution in [0, 0.1) is 6.92 Å². The SMILES string of the molecule is CN=C(NCCCOCC1CCCO1)NCC1(c2ccccc2C)CCOCC1.I. The van der Waals surface area contributed by atoms with Gasteiger partial charge < -0.3 is 24.8 Å². The fraction of sp³-hybridized carbons (Fsp3) is 0.696. The number of hydrogen-bond donors (Lipinski definition) is 2. The minimum atomic E-state index is 0. The third kappa shape index (κ3) is 7.35. The summed E-state index contributed by atoms with van der Waals surface area (Å²) in [6.07, 6.45) is 5.59. The lowest BCUT2D eigenvalue weighted by Crippen LogP contribution is -2.48. The van der Waals surface area contributed by atoms with Gasteiger partial charge in [0.1, 0.15) is 0 Å². The zero-order valence-electron chi connectivity index (χ0n) is 18.5. The molecule has 0 bridgehead atoms. The van der Waals surface area contributed by atoms with Gasteiger partial charge in [-0.15, -0.1) is 24.0 Å². The van der Waals surface area contributed by atoms with Crippen LogP contribution in [0.4, 0.5) is 0 Å². The van der Waals surface area contributed by atoms with Gasteiger partial charge in [-0.1, -0.05) is 24.3 Å². The van der Waals surface area contributed by atoms with E-state index >= 15 is 0 Å². The third-order valence-electron chi connectivity index (χ3n) is 6.07. The van der Waals surface area contributed by atoms with E-state index in [1.54, 1.807) is 0 Å². The molecule has 6 nitrogen and oxygen atoms in total. The summed E-state index contributed by atoms with van der Waals surface area (Å²) in [5, 5.41) is 6.98. The first-order valence-corrected chi connectivity index (χ1v) is 11.0. The van der Waals surface area contributed by atoms with Crippen molar-refractivity contribution >= 4 is 29.9 Å². The van der Waals surface area contributed by atoms with Crippen molar-refractivity contribution in [2.24, 2.45) is 4.99 Å². The summed E-state index contributed by atoms with van der Waals surface area (Å²) >= 11 is 0. The predicted molar refractivity (Wildman–Crippen MR) is 132 cm³/mol. The molecule has 0 saturated carbocycles. The van der Waals surface area contributed by atoms with Gasteiger partial charge >= 0.3 is 0 Å². The predicted octanol–water partition coefficient (Wildman–Crippen LogP) is 3.41. The lowest BCUT2D eigenvalue weighted by atomic mass is 9.72. The van der Waals surface area contributed by atoms with E-state index < -0.39 is 0 Å². The van der Waals surface area contributed by atoms with Crippen LogP contribution < -0.4 is 10.6 Å². The van der Waals surface area contributed by atoms with Gasteiger partial charge in [0, 0.05) is 52.0 Å². The van der Waals surface area contributed by atoms with Gasteiger partial charge in [0.25, 0.3) is 0 Å². The molecule has 1 unspecified atom stereocenters. The van der Waals surface area contributed by atoms with Crippen LogP contribution in [0.3, 0.4) is 0 Å². The molecule has 1 aromatic carbocycles. The van der Waals surface area contributed by atoms with E-state index in [9.17, 15) is 0 Å². The van der Waals surface area contributed by atoms with E-state index in [-0.39, 0.29) is 29.4 Å².